The fourth-order valence-electron chi connectivity index (χ4n) is 6.96. The quantitative estimate of drug-likeness (QED) is 0.116. The number of fused-ring (bicyclic) bond motifs is 3. The van der Waals surface area contributed by atoms with Crippen LogP contribution in [0.3, 0.4) is 0 Å². The molecule has 0 unspecified atom stereocenters. The van der Waals surface area contributed by atoms with E-state index in [0.717, 1.165) is 34.0 Å². The van der Waals surface area contributed by atoms with Crippen LogP contribution in [0.5, 0.6) is 11.5 Å². The van der Waals surface area contributed by atoms with Gasteiger partial charge in [-0.15, -0.1) is 0 Å². The smallest absolute Gasteiger partial charge is 0.268 e. The second-order valence-electron chi connectivity index (χ2n) is 14.2. The minimum atomic E-state index is -0.560. The number of benzene rings is 6. The van der Waals surface area contributed by atoms with Gasteiger partial charge >= 0.3 is 0 Å². The van der Waals surface area contributed by atoms with E-state index in [9.17, 15) is 0 Å². The summed E-state index contributed by atoms with van der Waals surface area (Å²) in [7, 11) is 0. The molecule has 0 bridgehead atoms. The molecule has 0 atom stereocenters. The summed E-state index contributed by atoms with van der Waals surface area (Å²) in [5, 5.41) is 2.14. The van der Waals surface area contributed by atoms with Gasteiger partial charge in [-0.3, -0.25) is 13.7 Å². The summed E-state index contributed by atoms with van der Waals surface area (Å²) in [5.74, 6) is 1.94. The monoisotopic (exact) mass is 710 g/mol. The van der Waals surface area contributed by atoms with Gasteiger partial charge < -0.3 is 4.74 Å². The summed E-state index contributed by atoms with van der Waals surface area (Å²) in [4.78, 5) is 4.81. The number of hydrogen-bond donors (Lipinski definition) is 0. The van der Waals surface area contributed by atoms with Crippen LogP contribution in [0.15, 0.2) is 176 Å². The van der Waals surface area contributed by atoms with Crippen LogP contribution in [-0.2, 0) is 6.42 Å². The molecule has 0 spiro atoms. The van der Waals surface area contributed by atoms with Crippen LogP contribution in [0.2, 0.25) is 0 Å². The lowest BCUT2D eigenvalue weighted by Crippen LogP contribution is -2.30. The van der Waals surface area contributed by atoms with E-state index in [1.54, 1.807) is 35.2 Å². The molecule has 3 heterocycles. The van der Waals surface area contributed by atoms with E-state index in [2.05, 4.69) is 62.0 Å². The van der Waals surface area contributed by atoms with Gasteiger partial charge in [-0.05, 0) is 88.2 Å². The van der Waals surface area contributed by atoms with Crippen molar-refractivity contribution in [2.45, 2.75) is 27.2 Å². The van der Waals surface area contributed by atoms with Crippen LogP contribution in [0.25, 0.3) is 61.3 Å². The van der Waals surface area contributed by atoms with Crippen molar-refractivity contribution >= 4 is 21.8 Å². The standard InChI is InChI=1S/C49H40N4O/c1-49(2,3)33-35-26-27-50-47(30-35)53-45-23-11-10-20-43(45)44-25-24-40(32-46(44)53)54-39-19-12-18-38(31-39)51-28-29-52(34-51)48-41(36-14-6-4-7-15-36)21-13-22-42(48)37-16-8-5-9-17-37/h4-32H,33H2,1-3H3/i4D,5D,6D,7D,8D,9D,14D,15D,16D,17D. The Bertz CT molecular complexity index is 3210. The molecule has 3 aromatic heterocycles. The van der Waals surface area contributed by atoms with Gasteiger partial charge in [0.15, 0.2) is 0 Å². The molecule has 0 radical (unpaired) electrons. The summed E-state index contributed by atoms with van der Waals surface area (Å²) in [6, 6.07) is 25.4. The van der Waals surface area contributed by atoms with Crippen LogP contribution in [-0.4, -0.2) is 14.1 Å². The molecule has 0 fully saturated rings. The third-order valence-electron chi connectivity index (χ3n) is 9.15. The first-order valence-corrected chi connectivity index (χ1v) is 17.6. The lowest BCUT2D eigenvalue weighted by Gasteiger charge is -2.18. The third-order valence-corrected chi connectivity index (χ3v) is 9.15. The van der Waals surface area contributed by atoms with Gasteiger partial charge in [0.1, 0.15) is 17.3 Å². The lowest BCUT2D eigenvalue weighted by molar-refractivity contribution is -0.598. The molecule has 9 aromatic rings. The molecular formula is C49H40N4O. The van der Waals surface area contributed by atoms with Crippen molar-refractivity contribution in [2.75, 3.05) is 0 Å². The van der Waals surface area contributed by atoms with Gasteiger partial charge in [0.2, 0.25) is 0 Å². The van der Waals surface area contributed by atoms with E-state index in [1.807, 2.05) is 54.7 Å². The van der Waals surface area contributed by atoms with Crippen molar-refractivity contribution < 1.29 is 23.0 Å². The zero-order chi connectivity index (χ0) is 45.4. The number of para-hydroxylation sites is 2. The molecule has 0 aliphatic rings. The Kier molecular flexibility index (Phi) is 6.02. The maximum atomic E-state index is 8.83. The molecule has 6 aromatic carbocycles. The second kappa shape index (κ2) is 13.7. The highest BCUT2D eigenvalue weighted by Gasteiger charge is 2.18. The Hall–Kier alpha value is -6.72. The molecule has 262 valence electrons. The van der Waals surface area contributed by atoms with Crippen molar-refractivity contribution in [3.63, 3.8) is 0 Å². The first kappa shape index (κ1) is 23.8. The van der Waals surface area contributed by atoms with E-state index < -0.39 is 60.4 Å². The fourth-order valence-corrected chi connectivity index (χ4v) is 6.96. The lowest BCUT2D eigenvalue weighted by atomic mass is 9.88. The highest BCUT2D eigenvalue weighted by molar-refractivity contribution is 6.09. The zero-order valence-corrected chi connectivity index (χ0v) is 29.9. The normalized spacial score (nSPS) is 14.3. The minimum Gasteiger partial charge on any atom is -0.458 e. The molecule has 0 saturated heterocycles. The topological polar surface area (TPSA) is 35.9 Å². The Labute approximate surface area is 330 Å². The number of hydrogen-bond acceptors (Lipinski definition) is 2. The van der Waals surface area contributed by atoms with E-state index in [-0.39, 0.29) is 33.4 Å². The van der Waals surface area contributed by atoms with Crippen molar-refractivity contribution in [2.24, 2.45) is 5.41 Å². The maximum absolute atomic E-state index is 8.83. The average molecular weight is 711 g/mol. The molecule has 54 heavy (non-hydrogen) atoms. The highest BCUT2D eigenvalue weighted by atomic mass is 16.5. The zero-order valence-electron chi connectivity index (χ0n) is 39.9. The SMILES string of the molecule is [2H]c1c([2H])c([2H])c(-c2cccc(-c3c([2H])c([2H])c([2H])c([2H])c3[2H])c2-[n+]2[c-]n(-c3cccc(Oc4ccc5c6ccccc6n(-c6cc(CC(C)(C)C)ccn6)c5c4)c3)cc2)c([2H])c1[2H]. The first-order chi connectivity index (χ1) is 30.5. The van der Waals surface area contributed by atoms with Crippen molar-refractivity contribution in [1.82, 2.24) is 14.1 Å². The second-order valence-corrected chi connectivity index (χ2v) is 14.2. The number of rotatable bonds is 8. The summed E-state index contributed by atoms with van der Waals surface area (Å²) < 4.78 is 97.3. The third kappa shape index (κ3) is 6.45. The first-order valence-electron chi connectivity index (χ1n) is 22.6. The predicted octanol–water partition coefficient (Wildman–Crippen LogP) is 11.8. The van der Waals surface area contributed by atoms with Crippen LogP contribution in [0.4, 0.5) is 0 Å². The molecular weight excluding hydrogens is 661 g/mol. The van der Waals surface area contributed by atoms with Gasteiger partial charge in [0, 0.05) is 35.4 Å². The van der Waals surface area contributed by atoms with E-state index in [1.165, 1.54) is 10.1 Å². The fraction of sp³-hybridized carbons (Fsp3) is 0.102. The van der Waals surface area contributed by atoms with Crippen molar-refractivity contribution in [3.05, 3.63) is 188 Å². The van der Waals surface area contributed by atoms with Crippen LogP contribution >= 0.6 is 0 Å². The Morgan fingerprint density at radius 2 is 1.39 bits per heavy atom. The number of imidazole rings is 1. The number of nitrogens with zero attached hydrogens (tertiary/aromatic N) is 4. The highest BCUT2D eigenvalue weighted by Crippen LogP contribution is 2.36. The molecule has 0 saturated carbocycles. The summed E-state index contributed by atoms with van der Waals surface area (Å²) in [6.07, 6.45) is 9.35. The summed E-state index contributed by atoms with van der Waals surface area (Å²) in [5.41, 5.74) is 4.17. The molecule has 5 heteroatoms. The molecule has 0 aliphatic heterocycles. The predicted molar refractivity (Wildman–Crippen MR) is 219 cm³/mol. The summed E-state index contributed by atoms with van der Waals surface area (Å²) >= 11 is 0. The van der Waals surface area contributed by atoms with Gasteiger partial charge in [-0.1, -0.05) is 124 Å². The Balaban J connectivity index is 1.14. The molecule has 0 aliphatic carbocycles. The number of pyridine rings is 1. The average Bonchev–Trinajstić information content (AvgIpc) is 3.89. The Morgan fingerprint density at radius 3 is 2.13 bits per heavy atom. The van der Waals surface area contributed by atoms with Gasteiger partial charge in [-0.25, -0.2) is 4.98 Å². The van der Waals surface area contributed by atoms with E-state index >= 15 is 0 Å². The van der Waals surface area contributed by atoms with Gasteiger partial charge in [-0.2, -0.15) is 0 Å². The molecule has 9 rings (SSSR count). The van der Waals surface area contributed by atoms with Gasteiger partial charge in [0.25, 0.3) is 6.33 Å². The van der Waals surface area contributed by atoms with E-state index in [0.29, 0.717) is 17.2 Å². The van der Waals surface area contributed by atoms with E-state index in [4.69, 9.17) is 23.4 Å². The Morgan fingerprint density at radius 1 is 0.704 bits per heavy atom. The van der Waals surface area contributed by atoms with Crippen LogP contribution < -0.4 is 9.30 Å². The molecule has 5 nitrogen and oxygen atoms in total. The van der Waals surface area contributed by atoms with Crippen molar-refractivity contribution in [1.29, 1.82) is 0 Å². The number of ether oxygens (including phenoxy) is 1. The maximum Gasteiger partial charge on any atom is 0.268 e. The minimum absolute atomic E-state index is 0.101. The number of aromatic nitrogens is 4. The molecule has 0 N–H and O–H groups in total. The summed E-state index contributed by atoms with van der Waals surface area (Å²) in [6.45, 7) is 6.65. The van der Waals surface area contributed by atoms with Gasteiger partial charge in [0.05, 0.1) is 36.1 Å². The largest absolute Gasteiger partial charge is 0.458 e. The van der Waals surface area contributed by atoms with Crippen molar-refractivity contribution in [3.8, 4) is 50.9 Å². The van der Waals surface area contributed by atoms with Crippen LogP contribution in [0.1, 0.15) is 40.0 Å². The van der Waals surface area contributed by atoms with Crippen LogP contribution in [0, 0.1) is 11.7 Å². The molecule has 0 amide bonds.